The number of nitrogens with zero attached hydrogens (tertiary/aromatic N) is 4. The van der Waals surface area contributed by atoms with E-state index in [0.29, 0.717) is 6.54 Å². The van der Waals surface area contributed by atoms with Crippen LogP contribution in [-0.2, 0) is 29.0 Å². The van der Waals surface area contributed by atoms with E-state index in [1.54, 1.807) is 9.80 Å². The van der Waals surface area contributed by atoms with E-state index >= 15 is 0 Å². The molecule has 2 aliphatic heterocycles. The van der Waals surface area contributed by atoms with Gasteiger partial charge >= 0.3 is 6.18 Å². The summed E-state index contributed by atoms with van der Waals surface area (Å²) in [7, 11) is -3.10. The van der Waals surface area contributed by atoms with Crippen molar-refractivity contribution >= 4 is 21.5 Å². The molecule has 2 aliphatic rings. The van der Waals surface area contributed by atoms with Gasteiger partial charge in [0.15, 0.2) is 15.5 Å². The first-order valence-corrected chi connectivity index (χ1v) is 11.3. The number of alkyl halides is 3. The third-order valence-corrected chi connectivity index (χ3v) is 6.91. The number of fused-ring (bicyclic) bond motifs is 1. The largest absolute Gasteiger partial charge is 0.433 e. The molecule has 6 nitrogen and oxygen atoms in total. The molecular formula is C19H21F3N4O2S. The van der Waals surface area contributed by atoms with Crippen molar-refractivity contribution < 1.29 is 21.6 Å². The zero-order chi connectivity index (χ0) is 20.6. The number of hydrogen-bond acceptors (Lipinski definition) is 6. The molecule has 1 aromatic heterocycles. The van der Waals surface area contributed by atoms with Gasteiger partial charge < -0.3 is 4.90 Å². The Morgan fingerprint density at radius 1 is 1.07 bits per heavy atom. The third kappa shape index (κ3) is 4.37. The summed E-state index contributed by atoms with van der Waals surface area (Å²) >= 11 is 0. The Hall–Kier alpha value is -2.20. The Balaban J connectivity index is 1.64. The van der Waals surface area contributed by atoms with E-state index < -0.39 is 21.7 Å². The van der Waals surface area contributed by atoms with Gasteiger partial charge in [0.05, 0.1) is 11.5 Å². The average Bonchev–Trinajstić information content (AvgIpc) is 2.69. The molecule has 1 fully saturated rings. The summed E-state index contributed by atoms with van der Waals surface area (Å²) in [6.45, 7) is 0.945. The molecule has 0 spiro atoms. The number of halogens is 3. The van der Waals surface area contributed by atoms with E-state index in [2.05, 4.69) is 9.97 Å². The number of aryl methyl sites for hydroxylation is 1. The fourth-order valence-corrected chi connectivity index (χ4v) is 5.06. The minimum Gasteiger partial charge on any atom is -0.310 e. The first-order chi connectivity index (χ1) is 13.7. The van der Waals surface area contributed by atoms with E-state index in [1.807, 2.05) is 24.3 Å². The minimum atomic E-state index is -4.62. The SMILES string of the molecule is O=S1(=O)CCN(Cc2cnc(N3CCCc4ccccc43)nc2C(F)(F)F)CC1. The molecule has 10 heteroatoms. The lowest BCUT2D eigenvalue weighted by Gasteiger charge is -2.30. The van der Waals surface area contributed by atoms with Crippen molar-refractivity contribution in [2.24, 2.45) is 0 Å². The van der Waals surface area contributed by atoms with Gasteiger partial charge in [0.1, 0.15) is 0 Å². The van der Waals surface area contributed by atoms with Crippen LogP contribution in [0.2, 0.25) is 0 Å². The zero-order valence-electron chi connectivity index (χ0n) is 15.7. The van der Waals surface area contributed by atoms with E-state index in [4.69, 9.17) is 0 Å². The second kappa shape index (κ2) is 7.56. The van der Waals surface area contributed by atoms with Crippen molar-refractivity contribution in [1.29, 1.82) is 0 Å². The Morgan fingerprint density at radius 2 is 1.79 bits per heavy atom. The van der Waals surface area contributed by atoms with Crippen molar-refractivity contribution in [2.45, 2.75) is 25.6 Å². The van der Waals surface area contributed by atoms with Gasteiger partial charge in [-0.2, -0.15) is 13.2 Å². The van der Waals surface area contributed by atoms with Crippen LogP contribution < -0.4 is 4.90 Å². The maximum Gasteiger partial charge on any atom is 0.433 e. The van der Waals surface area contributed by atoms with Crippen LogP contribution in [0, 0.1) is 0 Å². The molecule has 0 saturated carbocycles. The lowest BCUT2D eigenvalue weighted by Crippen LogP contribution is -2.40. The molecule has 0 radical (unpaired) electrons. The highest BCUT2D eigenvalue weighted by molar-refractivity contribution is 7.91. The molecule has 0 bridgehead atoms. The fourth-order valence-electron chi connectivity index (χ4n) is 3.78. The summed E-state index contributed by atoms with van der Waals surface area (Å²) in [5.41, 5.74) is 0.903. The molecule has 0 amide bonds. The zero-order valence-corrected chi connectivity index (χ0v) is 16.5. The molecule has 1 saturated heterocycles. The molecule has 0 unspecified atom stereocenters. The number of sulfone groups is 1. The average molecular weight is 426 g/mol. The second-order valence-electron chi connectivity index (χ2n) is 7.35. The van der Waals surface area contributed by atoms with E-state index in [9.17, 15) is 21.6 Å². The Labute approximate surface area is 167 Å². The molecule has 29 heavy (non-hydrogen) atoms. The molecule has 0 atom stereocenters. The highest BCUT2D eigenvalue weighted by Gasteiger charge is 2.37. The van der Waals surface area contributed by atoms with Crippen LogP contribution >= 0.6 is 0 Å². The number of anilines is 2. The fraction of sp³-hybridized carbons (Fsp3) is 0.474. The molecular weight excluding hydrogens is 405 g/mol. The summed E-state index contributed by atoms with van der Waals surface area (Å²) in [4.78, 5) is 11.6. The van der Waals surface area contributed by atoms with E-state index in [1.165, 1.54) is 6.20 Å². The van der Waals surface area contributed by atoms with Gasteiger partial charge in [0.25, 0.3) is 0 Å². The Bertz CT molecular complexity index is 997. The molecule has 4 rings (SSSR count). The van der Waals surface area contributed by atoms with Gasteiger partial charge in [0, 0.05) is 43.6 Å². The number of rotatable bonds is 3. The van der Waals surface area contributed by atoms with Crippen LogP contribution in [0.25, 0.3) is 0 Å². The Kier molecular flexibility index (Phi) is 5.24. The van der Waals surface area contributed by atoms with Gasteiger partial charge in [-0.05, 0) is 24.5 Å². The van der Waals surface area contributed by atoms with Crippen molar-refractivity contribution in [3.05, 3.63) is 47.3 Å². The summed E-state index contributed by atoms with van der Waals surface area (Å²) in [6.07, 6.45) is -1.71. The van der Waals surface area contributed by atoms with Crippen LogP contribution in [0.15, 0.2) is 30.5 Å². The van der Waals surface area contributed by atoms with Gasteiger partial charge in [-0.15, -0.1) is 0 Å². The summed E-state index contributed by atoms with van der Waals surface area (Å²) in [5.74, 6) is -0.0511. The van der Waals surface area contributed by atoms with Crippen molar-refractivity contribution in [3.63, 3.8) is 0 Å². The number of hydrogen-bond donors (Lipinski definition) is 0. The number of benzene rings is 1. The highest BCUT2D eigenvalue weighted by atomic mass is 32.2. The quantitative estimate of drug-likeness (QED) is 0.752. The molecule has 156 valence electrons. The third-order valence-electron chi connectivity index (χ3n) is 5.30. The topological polar surface area (TPSA) is 66.4 Å². The minimum absolute atomic E-state index is 0.0266. The standard InChI is InChI=1S/C19H21F3N4O2S/c20-19(21,22)17-15(13-25-8-10-29(27,28)11-9-25)12-23-18(24-17)26-7-3-5-14-4-1-2-6-16(14)26/h1-2,4,6,12H,3,5,7-11,13H2. The van der Waals surface area contributed by atoms with Crippen LogP contribution in [0.3, 0.4) is 0 Å². The normalized spacial score (nSPS) is 19.8. The smallest absolute Gasteiger partial charge is 0.310 e. The lowest BCUT2D eigenvalue weighted by atomic mass is 10.0. The first kappa shape index (κ1) is 20.1. The molecule has 0 N–H and O–H groups in total. The maximum atomic E-state index is 13.7. The van der Waals surface area contributed by atoms with Crippen LogP contribution in [0.5, 0.6) is 0 Å². The first-order valence-electron chi connectivity index (χ1n) is 9.44. The van der Waals surface area contributed by atoms with Gasteiger partial charge in [-0.3, -0.25) is 4.90 Å². The molecule has 0 aliphatic carbocycles. The number of para-hydroxylation sites is 1. The molecule has 1 aromatic carbocycles. The van der Waals surface area contributed by atoms with E-state index in [-0.39, 0.29) is 42.7 Å². The summed E-state index contributed by atoms with van der Waals surface area (Å²) in [6, 6.07) is 7.59. The summed E-state index contributed by atoms with van der Waals surface area (Å²) in [5, 5.41) is 0. The van der Waals surface area contributed by atoms with Crippen molar-refractivity contribution in [1.82, 2.24) is 14.9 Å². The molecule has 3 heterocycles. The van der Waals surface area contributed by atoms with Crippen LogP contribution in [-0.4, -0.2) is 54.4 Å². The molecule has 2 aromatic rings. The van der Waals surface area contributed by atoms with Crippen LogP contribution in [0.1, 0.15) is 23.2 Å². The Morgan fingerprint density at radius 3 is 2.52 bits per heavy atom. The summed E-state index contributed by atoms with van der Waals surface area (Å²) < 4.78 is 64.4. The predicted molar refractivity (Wildman–Crippen MR) is 103 cm³/mol. The van der Waals surface area contributed by atoms with E-state index in [0.717, 1.165) is 24.1 Å². The van der Waals surface area contributed by atoms with Crippen molar-refractivity contribution in [2.75, 3.05) is 36.0 Å². The highest BCUT2D eigenvalue weighted by Crippen LogP contribution is 2.35. The maximum absolute atomic E-state index is 13.7. The van der Waals surface area contributed by atoms with Crippen molar-refractivity contribution in [3.8, 4) is 0 Å². The lowest BCUT2D eigenvalue weighted by molar-refractivity contribution is -0.142. The monoisotopic (exact) mass is 426 g/mol. The van der Waals surface area contributed by atoms with Gasteiger partial charge in [-0.25, -0.2) is 18.4 Å². The second-order valence-corrected chi connectivity index (χ2v) is 9.66. The van der Waals surface area contributed by atoms with Gasteiger partial charge in [0.2, 0.25) is 5.95 Å². The van der Waals surface area contributed by atoms with Gasteiger partial charge in [-0.1, -0.05) is 18.2 Å². The predicted octanol–water partition coefficient (Wildman–Crippen LogP) is 2.81. The van der Waals surface area contributed by atoms with Crippen LogP contribution in [0.4, 0.5) is 24.8 Å². The number of aromatic nitrogens is 2.